The van der Waals surface area contributed by atoms with E-state index in [1.807, 2.05) is 18.2 Å². The normalized spacial score (nSPS) is 24.2. The summed E-state index contributed by atoms with van der Waals surface area (Å²) in [6, 6.07) is 10.2. The zero-order valence-corrected chi connectivity index (χ0v) is 13.9. The third-order valence-electron chi connectivity index (χ3n) is 4.25. The van der Waals surface area contributed by atoms with E-state index in [4.69, 9.17) is 0 Å². The average molecular weight is 323 g/mol. The molecule has 0 aromatic heterocycles. The van der Waals surface area contributed by atoms with Crippen LogP contribution < -0.4 is 4.46 Å². The van der Waals surface area contributed by atoms with E-state index in [0.717, 1.165) is 18.8 Å². The summed E-state index contributed by atoms with van der Waals surface area (Å²) in [7, 11) is 0. The Labute approximate surface area is 123 Å². The van der Waals surface area contributed by atoms with E-state index in [-0.39, 0.29) is 15.0 Å². The van der Waals surface area contributed by atoms with Crippen LogP contribution in [0.25, 0.3) is 0 Å². The molecule has 0 heterocycles. The summed E-state index contributed by atoms with van der Waals surface area (Å²) in [6.07, 6.45) is 4.67. The van der Waals surface area contributed by atoms with Crippen LogP contribution in [0.2, 0.25) is 0 Å². The summed E-state index contributed by atoms with van der Waals surface area (Å²) < 4.78 is 1.73. The van der Waals surface area contributed by atoms with Crippen molar-refractivity contribution in [3.63, 3.8) is 0 Å². The molecule has 1 aromatic rings. The van der Waals surface area contributed by atoms with Gasteiger partial charge in [-0.2, -0.15) is 0 Å². The SMILES string of the molecule is CC(C)(C)C1CCC(C(=O)[Se]c2ccccc2)CC1. The summed E-state index contributed by atoms with van der Waals surface area (Å²) >= 11 is 0.0144. The second kappa shape index (κ2) is 6.24. The van der Waals surface area contributed by atoms with Crippen LogP contribution in [0.4, 0.5) is 0 Å². The Hall–Kier alpha value is -0.591. The van der Waals surface area contributed by atoms with Gasteiger partial charge in [-0.25, -0.2) is 0 Å². The summed E-state index contributed by atoms with van der Waals surface area (Å²) in [4.78, 5) is 12.4. The van der Waals surface area contributed by atoms with Crippen LogP contribution in [0.5, 0.6) is 0 Å². The summed E-state index contributed by atoms with van der Waals surface area (Å²) in [5.74, 6) is 1.12. The van der Waals surface area contributed by atoms with Gasteiger partial charge in [0.05, 0.1) is 0 Å². The molecule has 1 aliphatic carbocycles. The molecule has 0 atom stereocenters. The fourth-order valence-electron chi connectivity index (χ4n) is 2.88. The molecule has 2 heteroatoms. The number of hydrogen-bond donors (Lipinski definition) is 0. The Bertz CT molecular complexity index is 411. The van der Waals surface area contributed by atoms with Crippen molar-refractivity contribution in [1.82, 2.24) is 0 Å². The molecule has 1 nitrogen and oxygen atoms in total. The first-order chi connectivity index (χ1) is 8.97. The predicted octanol–water partition coefficient (Wildman–Crippen LogP) is 3.40. The minimum atomic E-state index is 0.0144. The van der Waals surface area contributed by atoms with Crippen LogP contribution >= 0.6 is 0 Å². The van der Waals surface area contributed by atoms with Gasteiger partial charge in [-0.1, -0.05) is 0 Å². The van der Waals surface area contributed by atoms with Crippen molar-refractivity contribution in [1.29, 1.82) is 0 Å². The molecular weight excluding hydrogens is 299 g/mol. The zero-order valence-electron chi connectivity index (χ0n) is 12.2. The Balaban J connectivity index is 1.86. The third-order valence-corrected chi connectivity index (χ3v) is 6.43. The Morgan fingerprint density at radius 1 is 1.05 bits per heavy atom. The van der Waals surface area contributed by atoms with E-state index in [0.29, 0.717) is 16.0 Å². The standard InChI is InChI=1S/C17H24OSe/c1-17(2,3)14-11-9-13(10-12-14)16(18)19-15-7-5-4-6-8-15/h4-8,13-14H,9-12H2,1-3H3. The van der Waals surface area contributed by atoms with Crippen LogP contribution in [0.15, 0.2) is 30.3 Å². The van der Waals surface area contributed by atoms with E-state index < -0.39 is 0 Å². The van der Waals surface area contributed by atoms with Crippen LogP contribution in [-0.2, 0) is 4.79 Å². The zero-order chi connectivity index (χ0) is 13.9. The van der Waals surface area contributed by atoms with Crippen LogP contribution in [0.1, 0.15) is 46.5 Å². The van der Waals surface area contributed by atoms with Crippen LogP contribution in [0, 0.1) is 17.3 Å². The molecule has 0 spiro atoms. The van der Waals surface area contributed by atoms with Crippen LogP contribution in [-0.4, -0.2) is 19.6 Å². The number of hydrogen-bond acceptors (Lipinski definition) is 1. The van der Waals surface area contributed by atoms with Crippen molar-refractivity contribution < 1.29 is 4.79 Å². The first-order valence-corrected chi connectivity index (χ1v) is 8.95. The summed E-state index contributed by atoms with van der Waals surface area (Å²) in [6.45, 7) is 6.98. The molecular formula is C17H24OSe. The second-order valence-corrected chi connectivity index (χ2v) is 8.91. The molecule has 2 rings (SSSR count). The molecule has 1 saturated carbocycles. The minimum absolute atomic E-state index is 0.0144. The van der Waals surface area contributed by atoms with Crippen molar-refractivity contribution in [3.05, 3.63) is 30.3 Å². The van der Waals surface area contributed by atoms with Gasteiger partial charge in [0.25, 0.3) is 0 Å². The molecule has 1 aromatic carbocycles. The summed E-state index contributed by atoms with van der Waals surface area (Å²) in [5.41, 5.74) is 0.401. The van der Waals surface area contributed by atoms with Crippen molar-refractivity contribution in [3.8, 4) is 0 Å². The molecule has 0 bridgehead atoms. The van der Waals surface area contributed by atoms with Gasteiger partial charge >= 0.3 is 123 Å². The molecule has 0 unspecified atom stereocenters. The number of carbonyl (C=O) groups is 1. The van der Waals surface area contributed by atoms with Gasteiger partial charge in [-0.3, -0.25) is 0 Å². The fraction of sp³-hybridized carbons (Fsp3) is 0.588. The van der Waals surface area contributed by atoms with Gasteiger partial charge in [-0.15, -0.1) is 0 Å². The monoisotopic (exact) mass is 324 g/mol. The number of rotatable bonds is 3. The maximum atomic E-state index is 12.4. The van der Waals surface area contributed by atoms with E-state index in [1.165, 1.54) is 17.3 Å². The molecule has 1 fully saturated rings. The van der Waals surface area contributed by atoms with E-state index >= 15 is 0 Å². The van der Waals surface area contributed by atoms with E-state index in [1.54, 1.807) is 0 Å². The maximum absolute atomic E-state index is 12.4. The topological polar surface area (TPSA) is 17.1 Å². The number of carbonyl (C=O) groups excluding carboxylic acids is 1. The van der Waals surface area contributed by atoms with Crippen molar-refractivity contribution >= 4 is 24.1 Å². The molecule has 0 aliphatic heterocycles. The van der Waals surface area contributed by atoms with Gasteiger partial charge in [0.1, 0.15) is 0 Å². The van der Waals surface area contributed by atoms with Gasteiger partial charge < -0.3 is 0 Å². The average Bonchev–Trinajstić information content (AvgIpc) is 2.39. The Morgan fingerprint density at radius 3 is 2.16 bits per heavy atom. The van der Waals surface area contributed by atoms with Crippen molar-refractivity contribution in [2.75, 3.05) is 0 Å². The van der Waals surface area contributed by atoms with Gasteiger partial charge in [-0.05, 0) is 0 Å². The molecule has 0 amide bonds. The number of benzene rings is 1. The second-order valence-electron chi connectivity index (χ2n) is 6.65. The van der Waals surface area contributed by atoms with E-state index in [2.05, 4.69) is 32.9 Å². The van der Waals surface area contributed by atoms with Gasteiger partial charge in [0, 0.05) is 0 Å². The van der Waals surface area contributed by atoms with Gasteiger partial charge in [0.15, 0.2) is 0 Å². The first-order valence-electron chi connectivity index (χ1n) is 7.23. The van der Waals surface area contributed by atoms with Crippen molar-refractivity contribution in [2.45, 2.75) is 46.5 Å². The summed E-state index contributed by atoms with van der Waals surface area (Å²) in [5, 5.41) is 0. The molecule has 19 heavy (non-hydrogen) atoms. The van der Waals surface area contributed by atoms with E-state index in [9.17, 15) is 4.79 Å². The molecule has 104 valence electrons. The Morgan fingerprint density at radius 2 is 1.63 bits per heavy atom. The fourth-order valence-corrected chi connectivity index (χ4v) is 4.83. The first kappa shape index (κ1) is 14.8. The molecule has 0 radical (unpaired) electrons. The van der Waals surface area contributed by atoms with Crippen molar-refractivity contribution in [2.24, 2.45) is 17.3 Å². The van der Waals surface area contributed by atoms with Crippen LogP contribution in [0.3, 0.4) is 0 Å². The predicted molar refractivity (Wildman–Crippen MR) is 81.7 cm³/mol. The molecule has 0 saturated heterocycles. The van der Waals surface area contributed by atoms with Gasteiger partial charge in [0.2, 0.25) is 0 Å². The quantitative estimate of drug-likeness (QED) is 0.779. The molecule has 1 aliphatic rings. The third kappa shape index (κ3) is 4.19. The Kier molecular flexibility index (Phi) is 4.86. The molecule has 0 N–H and O–H groups in total.